The van der Waals surface area contributed by atoms with Gasteiger partial charge in [0.15, 0.2) is 17.5 Å². The van der Waals surface area contributed by atoms with Crippen molar-refractivity contribution >= 4 is 35.6 Å². The molecule has 4 rings (SSSR count). The Morgan fingerprint density at radius 3 is 2.71 bits per heavy atom. The number of nitrogens with two attached hydrogens (primary N) is 1. The molecular formula is C22H22FIN4O3. The van der Waals surface area contributed by atoms with Crippen molar-refractivity contribution in [3.63, 3.8) is 0 Å². The largest absolute Gasteiger partial charge is 0.490 e. The van der Waals surface area contributed by atoms with E-state index in [0.29, 0.717) is 37.1 Å². The maximum Gasteiger partial charge on any atom is 0.219 e. The second-order valence-electron chi connectivity index (χ2n) is 6.60. The molecule has 0 fully saturated rings. The minimum Gasteiger partial charge on any atom is -0.490 e. The second kappa shape index (κ2) is 10.8. The number of nitrogens with one attached hydrogen (secondary N) is 1. The third-order valence-corrected chi connectivity index (χ3v) is 4.27. The molecule has 2 heterocycles. The van der Waals surface area contributed by atoms with Gasteiger partial charge in [-0.3, -0.25) is 0 Å². The van der Waals surface area contributed by atoms with Gasteiger partial charge in [0, 0.05) is 36.5 Å². The first-order chi connectivity index (χ1) is 14.7. The summed E-state index contributed by atoms with van der Waals surface area (Å²) in [5.74, 6) is 2.06. The van der Waals surface area contributed by atoms with E-state index in [-0.39, 0.29) is 35.8 Å². The van der Waals surface area contributed by atoms with Crippen LogP contribution in [0.3, 0.4) is 0 Å². The van der Waals surface area contributed by atoms with Gasteiger partial charge >= 0.3 is 0 Å². The SMILES string of the molecule is I.NC(=NCc1ccc(Oc2cccc(F)c2)nc1)Nc1ccc2c(c1)OCCCO2. The molecule has 0 unspecified atom stereocenters. The summed E-state index contributed by atoms with van der Waals surface area (Å²) < 4.78 is 30.0. The van der Waals surface area contributed by atoms with E-state index < -0.39 is 0 Å². The van der Waals surface area contributed by atoms with Crippen molar-refractivity contribution in [1.29, 1.82) is 0 Å². The molecule has 3 aromatic rings. The van der Waals surface area contributed by atoms with Crippen LogP contribution in [-0.4, -0.2) is 24.2 Å². The maximum absolute atomic E-state index is 13.2. The zero-order valence-corrected chi connectivity index (χ0v) is 18.9. The fourth-order valence-corrected chi connectivity index (χ4v) is 2.82. The summed E-state index contributed by atoms with van der Waals surface area (Å²) >= 11 is 0. The highest BCUT2D eigenvalue weighted by Crippen LogP contribution is 2.32. The molecule has 0 spiro atoms. The van der Waals surface area contributed by atoms with Crippen LogP contribution in [0.5, 0.6) is 23.1 Å². The maximum atomic E-state index is 13.2. The minimum absolute atomic E-state index is 0. The van der Waals surface area contributed by atoms with E-state index in [4.69, 9.17) is 19.9 Å². The molecule has 0 amide bonds. The van der Waals surface area contributed by atoms with Gasteiger partial charge in [-0.2, -0.15) is 0 Å². The zero-order valence-electron chi connectivity index (χ0n) is 16.6. The summed E-state index contributed by atoms with van der Waals surface area (Å²) in [4.78, 5) is 8.54. The Bertz CT molecular complexity index is 1050. The standard InChI is InChI=1S/C22H21FN4O3.HI/c23-16-3-1-4-18(11-16)30-21-8-5-15(13-25-21)14-26-22(24)27-17-6-7-19-20(12-17)29-10-2-9-28-19;/h1,3-8,11-13H,2,9-10,14H2,(H3,24,26,27);1H. The second-order valence-corrected chi connectivity index (χ2v) is 6.60. The van der Waals surface area contributed by atoms with E-state index in [9.17, 15) is 4.39 Å². The molecule has 0 radical (unpaired) electrons. The van der Waals surface area contributed by atoms with Crippen LogP contribution in [0.25, 0.3) is 0 Å². The van der Waals surface area contributed by atoms with Crippen molar-refractivity contribution in [2.45, 2.75) is 13.0 Å². The fraction of sp³-hybridized carbons (Fsp3) is 0.182. The van der Waals surface area contributed by atoms with Crippen molar-refractivity contribution in [2.24, 2.45) is 10.7 Å². The lowest BCUT2D eigenvalue weighted by Crippen LogP contribution is -2.22. The van der Waals surface area contributed by atoms with Crippen LogP contribution >= 0.6 is 24.0 Å². The summed E-state index contributed by atoms with van der Waals surface area (Å²) in [5.41, 5.74) is 7.61. The number of pyridine rings is 1. The fourth-order valence-electron chi connectivity index (χ4n) is 2.82. The van der Waals surface area contributed by atoms with Crippen LogP contribution < -0.4 is 25.3 Å². The number of halogens is 2. The van der Waals surface area contributed by atoms with Crippen molar-refractivity contribution in [3.05, 3.63) is 72.2 Å². The molecule has 7 nitrogen and oxygen atoms in total. The summed E-state index contributed by atoms with van der Waals surface area (Å²) in [5, 5.41) is 3.04. The van der Waals surface area contributed by atoms with Crippen molar-refractivity contribution in [2.75, 3.05) is 18.5 Å². The number of rotatable bonds is 5. The Balaban J connectivity index is 0.00000272. The Labute approximate surface area is 196 Å². The molecule has 0 saturated carbocycles. The minimum atomic E-state index is -0.366. The van der Waals surface area contributed by atoms with Gasteiger partial charge in [0.2, 0.25) is 5.88 Å². The first-order valence-corrected chi connectivity index (χ1v) is 9.51. The molecule has 3 N–H and O–H groups in total. The third kappa shape index (κ3) is 6.45. The van der Waals surface area contributed by atoms with Gasteiger partial charge in [-0.15, -0.1) is 24.0 Å². The Morgan fingerprint density at radius 1 is 1.10 bits per heavy atom. The van der Waals surface area contributed by atoms with Crippen LogP contribution in [0.4, 0.5) is 10.1 Å². The number of hydrogen-bond acceptors (Lipinski definition) is 5. The lowest BCUT2D eigenvalue weighted by atomic mass is 10.2. The number of aliphatic imine (C=N–C) groups is 1. The lowest BCUT2D eigenvalue weighted by molar-refractivity contribution is 0.297. The highest BCUT2D eigenvalue weighted by Gasteiger charge is 2.11. The number of ether oxygens (including phenoxy) is 3. The Kier molecular flexibility index (Phi) is 7.88. The van der Waals surface area contributed by atoms with Crippen molar-refractivity contribution in [1.82, 2.24) is 4.98 Å². The molecular weight excluding hydrogens is 514 g/mol. The Morgan fingerprint density at radius 2 is 1.94 bits per heavy atom. The quantitative estimate of drug-likeness (QED) is 0.279. The molecule has 0 saturated heterocycles. The molecule has 0 atom stereocenters. The van der Waals surface area contributed by atoms with E-state index in [1.54, 1.807) is 24.4 Å². The molecule has 0 aliphatic carbocycles. The van der Waals surface area contributed by atoms with Crippen molar-refractivity contribution in [3.8, 4) is 23.1 Å². The number of aromatic nitrogens is 1. The van der Waals surface area contributed by atoms with Gasteiger partial charge in [0.25, 0.3) is 0 Å². The number of fused-ring (bicyclic) bond motifs is 1. The summed E-state index contributed by atoms with van der Waals surface area (Å²) in [6.45, 7) is 1.60. The molecule has 1 aliphatic heterocycles. The average Bonchev–Trinajstić information content (AvgIpc) is 2.98. The number of hydrogen-bond donors (Lipinski definition) is 2. The van der Waals surface area contributed by atoms with E-state index in [1.807, 2.05) is 24.3 Å². The smallest absolute Gasteiger partial charge is 0.219 e. The van der Waals surface area contributed by atoms with Crippen LogP contribution in [0, 0.1) is 5.82 Å². The number of anilines is 1. The molecule has 31 heavy (non-hydrogen) atoms. The van der Waals surface area contributed by atoms with Crippen LogP contribution in [0.2, 0.25) is 0 Å². The van der Waals surface area contributed by atoms with Crippen LogP contribution in [0.1, 0.15) is 12.0 Å². The number of guanidine groups is 1. The monoisotopic (exact) mass is 536 g/mol. The molecule has 0 bridgehead atoms. The molecule has 162 valence electrons. The predicted molar refractivity (Wildman–Crippen MR) is 127 cm³/mol. The van der Waals surface area contributed by atoms with E-state index in [1.165, 1.54) is 12.1 Å². The third-order valence-electron chi connectivity index (χ3n) is 4.27. The first kappa shape index (κ1) is 22.6. The number of nitrogens with zero attached hydrogens (tertiary/aromatic N) is 2. The summed E-state index contributed by atoms with van der Waals surface area (Å²) in [6, 6.07) is 15.0. The highest BCUT2D eigenvalue weighted by atomic mass is 127. The van der Waals surface area contributed by atoms with Crippen LogP contribution in [-0.2, 0) is 6.54 Å². The highest BCUT2D eigenvalue weighted by molar-refractivity contribution is 14.0. The van der Waals surface area contributed by atoms with E-state index >= 15 is 0 Å². The van der Waals surface area contributed by atoms with E-state index in [0.717, 1.165) is 23.4 Å². The zero-order chi connectivity index (χ0) is 20.8. The normalized spacial score (nSPS) is 13.0. The topological polar surface area (TPSA) is 91.0 Å². The van der Waals surface area contributed by atoms with Gasteiger partial charge in [-0.25, -0.2) is 14.4 Å². The van der Waals surface area contributed by atoms with Crippen molar-refractivity contribution < 1.29 is 18.6 Å². The van der Waals surface area contributed by atoms with Gasteiger partial charge in [-0.1, -0.05) is 12.1 Å². The molecule has 9 heteroatoms. The number of benzene rings is 2. The van der Waals surface area contributed by atoms with Crippen LogP contribution in [0.15, 0.2) is 65.8 Å². The van der Waals surface area contributed by atoms with Gasteiger partial charge in [-0.05, 0) is 29.8 Å². The average molecular weight is 536 g/mol. The molecule has 1 aliphatic rings. The predicted octanol–water partition coefficient (Wildman–Crippen LogP) is 4.72. The van der Waals surface area contributed by atoms with Gasteiger partial charge < -0.3 is 25.3 Å². The summed E-state index contributed by atoms with van der Waals surface area (Å²) in [7, 11) is 0. The first-order valence-electron chi connectivity index (χ1n) is 9.51. The van der Waals surface area contributed by atoms with Gasteiger partial charge in [0.1, 0.15) is 11.6 Å². The summed E-state index contributed by atoms with van der Waals surface area (Å²) in [6.07, 6.45) is 2.49. The van der Waals surface area contributed by atoms with E-state index in [2.05, 4.69) is 15.3 Å². The Hall–Kier alpha value is -3.08. The molecule has 1 aromatic heterocycles. The molecule has 2 aromatic carbocycles. The van der Waals surface area contributed by atoms with Gasteiger partial charge in [0.05, 0.1) is 19.8 Å². The lowest BCUT2D eigenvalue weighted by Gasteiger charge is -2.10.